The van der Waals surface area contributed by atoms with E-state index in [4.69, 9.17) is 0 Å². The number of rotatable bonds is 4. The van der Waals surface area contributed by atoms with Crippen molar-refractivity contribution < 1.29 is 9.59 Å². The fourth-order valence-corrected chi connectivity index (χ4v) is 4.07. The Hall–Kier alpha value is -1.01. The van der Waals surface area contributed by atoms with Gasteiger partial charge in [0.25, 0.3) is 0 Å². The Morgan fingerprint density at radius 3 is 2.81 bits per heavy atom. The number of thioether (sulfide) groups is 1. The van der Waals surface area contributed by atoms with E-state index < -0.39 is 0 Å². The molecule has 1 aromatic heterocycles. The molecule has 21 heavy (non-hydrogen) atoms. The first-order valence-electron chi connectivity index (χ1n) is 7.07. The molecule has 1 atom stereocenters. The maximum atomic E-state index is 12.4. The van der Waals surface area contributed by atoms with Crippen LogP contribution in [0.15, 0.2) is 16.8 Å². The molecule has 0 spiro atoms. The summed E-state index contributed by atoms with van der Waals surface area (Å²) in [4.78, 5) is 26.4. The van der Waals surface area contributed by atoms with Crippen molar-refractivity contribution in [1.82, 2.24) is 10.2 Å². The highest BCUT2D eigenvalue weighted by molar-refractivity contribution is 7.99. The molecule has 1 aliphatic rings. The largest absolute Gasteiger partial charge is 0.350 e. The van der Waals surface area contributed by atoms with Crippen LogP contribution in [0.25, 0.3) is 0 Å². The van der Waals surface area contributed by atoms with E-state index in [1.165, 1.54) is 5.56 Å². The summed E-state index contributed by atoms with van der Waals surface area (Å²) in [6.07, 6.45) is 1.22. The van der Waals surface area contributed by atoms with Crippen LogP contribution in [-0.2, 0) is 16.0 Å². The van der Waals surface area contributed by atoms with Crippen LogP contribution in [0.2, 0.25) is 0 Å². The van der Waals surface area contributed by atoms with Crippen LogP contribution in [0.1, 0.15) is 32.8 Å². The third-order valence-corrected chi connectivity index (χ3v) is 4.96. The fraction of sp³-hybridized carbons (Fsp3) is 0.600. The quantitative estimate of drug-likeness (QED) is 0.925. The van der Waals surface area contributed by atoms with Gasteiger partial charge < -0.3 is 10.2 Å². The van der Waals surface area contributed by atoms with E-state index in [1.54, 1.807) is 28.0 Å². The maximum Gasteiger partial charge on any atom is 0.244 e. The van der Waals surface area contributed by atoms with Crippen molar-refractivity contribution in [3.8, 4) is 0 Å². The van der Waals surface area contributed by atoms with Gasteiger partial charge >= 0.3 is 0 Å². The first-order valence-corrected chi connectivity index (χ1v) is 9.17. The second-order valence-corrected chi connectivity index (χ2v) is 8.03. The Balaban J connectivity index is 1.91. The second-order valence-electron chi connectivity index (χ2n) is 6.25. The van der Waals surface area contributed by atoms with Crippen LogP contribution in [0.4, 0.5) is 0 Å². The lowest BCUT2D eigenvalue weighted by Crippen LogP contribution is -2.52. The maximum absolute atomic E-state index is 12.4. The zero-order chi connectivity index (χ0) is 15.5. The van der Waals surface area contributed by atoms with Crippen LogP contribution in [0.5, 0.6) is 0 Å². The van der Waals surface area contributed by atoms with Crippen LogP contribution in [0, 0.1) is 0 Å². The molecule has 4 nitrogen and oxygen atoms in total. The van der Waals surface area contributed by atoms with Gasteiger partial charge in [-0.25, -0.2) is 0 Å². The number of nitrogens with zero attached hydrogens (tertiary/aromatic N) is 1. The van der Waals surface area contributed by atoms with Gasteiger partial charge in [0, 0.05) is 17.7 Å². The standard InChI is InChI=1S/C15H22N2O2S2/c1-15(2,3)16-14(19)12-9-21-10-17(12)13(18)5-4-11-6-7-20-8-11/h6-8,12H,4-5,9-10H2,1-3H3,(H,16,19)/t12-/m0/s1. The minimum Gasteiger partial charge on any atom is -0.350 e. The summed E-state index contributed by atoms with van der Waals surface area (Å²) in [5, 5.41) is 7.06. The first-order chi connectivity index (χ1) is 9.87. The molecule has 0 bridgehead atoms. The summed E-state index contributed by atoms with van der Waals surface area (Å²) in [6.45, 7) is 5.86. The average Bonchev–Trinajstić information content (AvgIpc) is 3.05. The van der Waals surface area contributed by atoms with Gasteiger partial charge in [-0.05, 0) is 49.6 Å². The summed E-state index contributed by atoms with van der Waals surface area (Å²) in [5.74, 6) is 1.33. The van der Waals surface area contributed by atoms with Gasteiger partial charge in [-0.2, -0.15) is 11.3 Å². The van der Waals surface area contributed by atoms with Crippen molar-refractivity contribution in [3.63, 3.8) is 0 Å². The number of carbonyl (C=O) groups excluding carboxylic acids is 2. The molecule has 1 N–H and O–H groups in total. The van der Waals surface area contributed by atoms with Gasteiger partial charge in [0.15, 0.2) is 0 Å². The lowest BCUT2D eigenvalue weighted by atomic mass is 10.1. The van der Waals surface area contributed by atoms with Gasteiger partial charge in [-0.1, -0.05) is 0 Å². The molecule has 0 unspecified atom stereocenters. The summed E-state index contributed by atoms with van der Waals surface area (Å²) < 4.78 is 0. The van der Waals surface area contributed by atoms with Crippen molar-refractivity contribution >= 4 is 34.9 Å². The minimum atomic E-state index is -0.329. The van der Waals surface area contributed by atoms with Crippen LogP contribution < -0.4 is 5.32 Å². The monoisotopic (exact) mass is 326 g/mol. The highest BCUT2D eigenvalue weighted by Crippen LogP contribution is 2.23. The molecule has 2 amide bonds. The third-order valence-electron chi connectivity index (χ3n) is 3.21. The molecule has 6 heteroatoms. The average molecular weight is 326 g/mol. The molecule has 0 aliphatic carbocycles. The molecule has 0 saturated carbocycles. The Morgan fingerprint density at radius 1 is 1.43 bits per heavy atom. The van der Waals surface area contributed by atoms with E-state index in [2.05, 4.69) is 10.7 Å². The first kappa shape index (κ1) is 16.4. The van der Waals surface area contributed by atoms with E-state index in [0.29, 0.717) is 18.1 Å². The summed E-state index contributed by atoms with van der Waals surface area (Å²) in [7, 11) is 0. The highest BCUT2D eigenvalue weighted by atomic mass is 32.2. The number of nitrogens with one attached hydrogen (secondary N) is 1. The number of thiophene rings is 1. The van der Waals surface area contributed by atoms with E-state index >= 15 is 0 Å². The van der Waals surface area contributed by atoms with Gasteiger partial charge in [-0.15, -0.1) is 11.8 Å². The highest BCUT2D eigenvalue weighted by Gasteiger charge is 2.35. The van der Waals surface area contributed by atoms with Gasteiger partial charge in [0.05, 0.1) is 5.88 Å². The molecule has 1 fully saturated rings. The van der Waals surface area contributed by atoms with Crippen LogP contribution in [0.3, 0.4) is 0 Å². The van der Waals surface area contributed by atoms with E-state index in [9.17, 15) is 9.59 Å². The molecule has 1 saturated heterocycles. The summed E-state index contributed by atoms with van der Waals surface area (Å²) in [5.41, 5.74) is 0.923. The molecular weight excluding hydrogens is 304 g/mol. The predicted octanol–water partition coefficient (Wildman–Crippen LogP) is 2.50. The van der Waals surface area contributed by atoms with Crippen molar-refractivity contribution in [2.45, 2.75) is 45.2 Å². The zero-order valence-electron chi connectivity index (χ0n) is 12.7. The smallest absolute Gasteiger partial charge is 0.244 e. The SMILES string of the molecule is CC(C)(C)NC(=O)[C@@H]1CSCN1C(=O)CCc1ccsc1. The Kier molecular flexibility index (Phi) is 5.32. The zero-order valence-corrected chi connectivity index (χ0v) is 14.4. The number of carbonyl (C=O) groups is 2. The molecule has 1 aliphatic heterocycles. The Morgan fingerprint density at radius 2 is 2.19 bits per heavy atom. The Labute approximate surface area is 134 Å². The number of hydrogen-bond donors (Lipinski definition) is 1. The van der Waals surface area contributed by atoms with Crippen molar-refractivity contribution in [2.24, 2.45) is 0 Å². The topological polar surface area (TPSA) is 49.4 Å². The lowest BCUT2D eigenvalue weighted by Gasteiger charge is -2.27. The molecule has 116 valence electrons. The molecule has 2 rings (SSSR count). The molecule has 0 radical (unpaired) electrons. The molecule has 1 aromatic rings. The molecule has 2 heterocycles. The fourth-order valence-electron chi connectivity index (χ4n) is 2.19. The normalized spacial score (nSPS) is 18.8. The minimum absolute atomic E-state index is 0.0450. The van der Waals surface area contributed by atoms with Crippen LogP contribution in [-0.4, -0.2) is 39.9 Å². The van der Waals surface area contributed by atoms with E-state index in [0.717, 1.165) is 6.42 Å². The molecular formula is C15H22N2O2S2. The third kappa shape index (κ3) is 4.74. The number of amides is 2. The van der Waals surface area contributed by atoms with Gasteiger partial charge in [0.2, 0.25) is 11.8 Å². The summed E-state index contributed by atoms with van der Waals surface area (Å²) in [6, 6.07) is 1.71. The van der Waals surface area contributed by atoms with E-state index in [1.807, 2.05) is 32.2 Å². The van der Waals surface area contributed by atoms with Crippen molar-refractivity contribution in [3.05, 3.63) is 22.4 Å². The lowest BCUT2D eigenvalue weighted by molar-refractivity contribution is -0.138. The van der Waals surface area contributed by atoms with E-state index in [-0.39, 0.29) is 23.4 Å². The summed E-state index contributed by atoms with van der Waals surface area (Å²) >= 11 is 3.28. The van der Waals surface area contributed by atoms with Gasteiger partial charge in [0.1, 0.15) is 6.04 Å². The second kappa shape index (κ2) is 6.83. The van der Waals surface area contributed by atoms with Crippen molar-refractivity contribution in [1.29, 1.82) is 0 Å². The van der Waals surface area contributed by atoms with Crippen LogP contribution >= 0.6 is 23.1 Å². The number of aryl methyl sites for hydroxylation is 1. The molecule has 0 aromatic carbocycles. The van der Waals surface area contributed by atoms with Gasteiger partial charge in [-0.3, -0.25) is 9.59 Å². The Bertz CT molecular complexity index is 494. The van der Waals surface area contributed by atoms with Crippen molar-refractivity contribution in [2.75, 3.05) is 11.6 Å². The number of hydrogen-bond acceptors (Lipinski definition) is 4. The predicted molar refractivity (Wildman–Crippen MR) is 88.5 cm³/mol.